The maximum Gasteiger partial charge on any atom is 0.251 e. The molecular weight excluding hydrogens is 428 g/mol. The molecule has 1 saturated heterocycles. The van der Waals surface area contributed by atoms with Gasteiger partial charge in [0.2, 0.25) is 5.91 Å². The number of nitrogens with one attached hydrogen (secondary N) is 1. The number of rotatable bonds is 7. The number of hydrogen-bond acceptors (Lipinski definition) is 3. The van der Waals surface area contributed by atoms with Crippen molar-refractivity contribution >= 4 is 35.2 Å². The van der Waals surface area contributed by atoms with E-state index in [0.29, 0.717) is 29.4 Å². The number of hydrogen-bond donors (Lipinski definition) is 1. The van der Waals surface area contributed by atoms with E-state index in [0.717, 1.165) is 17.5 Å². The van der Waals surface area contributed by atoms with Crippen molar-refractivity contribution in [2.75, 3.05) is 12.3 Å². The second-order valence-electron chi connectivity index (χ2n) is 7.42. The van der Waals surface area contributed by atoms with Gasteiger partial charge in [-0.25, -0.2) is 0 Å². The smallest absolute Gasteiger partial charge is 0.251 e. The lowest BCUT2D eigenvalue weighted by Gasteiger charge is -2.24. The van der Waals surface area contributed by atoms with E-state index in [1.165, 1.54) is 5.56 Å². The molecule has 3 aromatic rings. The fraction of sp³-hybridized carbons (Fsp3) is 0.200. The average molecular weight is 451 g/mol. The van der Waals surface area contributed by atoms with Gasteiger partial charge >= 0.3 is 0 Å². The van der Waals surface area contributed by atoms with Gasteiger partial charge in [0, 0.05) is 23.7 Å². The van der Waals surface area contributed by atoms with Crippen LogP contribution in [0.1, 0.15) is 32.4 Å². The molecule has 1 atom stereocenters. The predicted molar refractivity (Wildman–Crippen MR) is 126 cm³/mol. The Labute approximate surface area is 191 Å². The summed E-state index contributed by atoms with van der Waals surface area (Å²) in [6.07, 6.45) is 0.828. The van der Waals surface area contributed by atoms with E-state index in [1.54, 1.807) is 11.8 Å². The number of nitrogens with zero attached hydrogens (tertiary/aromatic N) is 1. The summed E-state index contributed by atoms with van der Waals surface area (Å²) in [7, 11) is 0. The van der Waals surface area contributed by atoms with Gasteiger partial charge in [-0.2, -0.15) is 0 Å². The highest BCUT2D eigenvalue weighted by molar-refractivity contribution is 8.00. The Hall–Kier alpha value is -2.76. The fourth-order valence-electron chi connectivity index (χ4n) is 3.55. The largest absolute Gasteiger partial charge is 0.348 e. The van der Waals surface area contributed by atoms with Crippen molar-refractivity contribution in [2.24, 2.45) is 0 Å². The quantitative estimate of drug-likeness (QED) is 0.545. The molecule has 0 spiro atoms. The highest BCUT2D eigenvalue weighted by Crippen LogP contribution is 2.38. The second kappa shape index (κ2) is 10.0. The van der Waals surface area contributed by atoms with Crippen molar-refractivity contribution in [3.05, 3.63) is 106 Å². The molecule has 1 heterocycles. The number of benzene rings is 3. The maximum atomic E-state index is 12.5. The minimum absolute atomic E-state index is 0.0117. The van der Waals surface area contributed by atoms with Crippen molar-refractivity contribution in [3.63, 3.8) is 0 Å². The molecule has 1 fully saturated rings. The van der Waals surface area contributed by atoms with Gasteiger partial charge in [0.05, 0.1) is 5.75 Å². The average Bonchev–Trinajstić information content (AvgIpc) is 3.18. The molecule has 0 unspecified atom stereocenters. The molecule has 1 aliphatic heterocycles. The Balaban J connectivity index is 1.37. The second-order valence-corrected chi connectivity index (χ2v) is 8.92. The van der Waals surface area contributed by atoms with Gasteiger partial charge in [-0.15, -0.1) is 11.8 Å². The summed E-state index contributed by atoms with van der Waals surface area (Å²) < 4.78 is 0. The van der Waals surface area contributed by atoms with Crippen molar-refractivity contribution in [3.8, 4) is 0 Å². The molecule has 31 heavy (non-hydrogen) atoms. The summed E-state index contributed by atoms with van der Waals surface area (Å²) in [4.78, 5) is 26.9. The van der Waals surface area contributed by atoms with Gasteiger partial charge in [-0.1, -0.05) is 66.2 Å². The molecule has 0 bridgehead atoms. The van der Waals surface area contributed by atoms with Gasteiger partial charge < -0.3 is 10.2 Å². The van der Waals surface area contributed by atoms with E-state index in [-0.39, 0.29) is 17.2 Å². The Morgan fingerprint density at radius 1 is 0.968 bits per heavy atom. The monoisotopic (exact) mass is 450 g/mol. The predicted octanol–water partition coefficient (Wildman–Crippen LogP) is 5.09. The highest BCUT2D eigenvalue weighted by Gasteiger charge is 2.32. The van der Waals surface area contributed by atoms with Crippen LogP contribution >= 0.6 is 23.4 Å². The van der Waals surface area contributed by atoms with Gasteiger partial charge in [0.15, 0.2) is 0 Å². The van der Waals surface area contributed by atoms with Crippen LogP contribution in [0, 0.1) is 0 Å². The first-order valence-corrected chi connectivity index (χ1v) is 11.6. The van der Waals surface area contributed by atoms with Crippen LogP contribution in [-0.4, -0.2) is 29.0 Å². The van der Waals surface area contributed by atoms with Crippen LogP contribution in [0.2, 0.25) is 5.02 Å². The van der Waals surface area contributed by atoms with E-state index >= 15 is 0 Å². The third-order valence-electron chi connectivity index (χ3n) is 5.28. The van der Waals surface area contributed by atoms with Crippen LogP contribution in [0.15, 0.2) is 78.9 Å². The first-order valence-electron chi connectivity index (χ1n) is 10.2. The van der Waals surface area contributed by atoms with Crippen LogP contribution in [-0.2, 0) is 17.8 Å². The molecule has 1 aliphatic rings. The first-order chi connectivity index (χ1) is 15.1. The molecule has 158 valence electrons. The summed E-state index contributed by atoms with van der Waals surface area (Å²) in [5, 5.41) is 3.59. The molecule has 3 aromatic carbocycles. The van der Waals surface area contributed by atoms with Crippen LogP contribution in [0.25, 0.3) is 0 Å². The maximum absolute atomic E-state index is 12.5. The van der Waals surface area contributed by atoms with E-state index in [4.69, 9.17) is 11.6 Å². The number of halogens is 1. The van der Waals surface area contributed by atoms with Gasteiger partial charge in [-0.3, -0.25) is 9.59 Å². The molecule has 6 heteroatoms. The van der Waals surface area contributed by atoms with Gasteiger partial charge in [-0.05, 0) is 47.4 Å². The van der Waals surface area contributed by atoms with Crippen molar-refractivity contribution in [1.29, 1.82) is 0 Å². The van der Waals surface area contributed by atoms with Crippen LogP contribution < -0.4 is 5.32 Å². The minimum Gasteiger partial charge on any atom is -0.348 e. The van der Waals surface area contributed by atoms with Crippen LogP contribution in [0.5, 0.6) is 0 Å². The Kier molecular flexibility index (Phi) is 6.95. The lowest BCUT2D eigenvalue weighted by Crippen LogP contribution is -2.30. The zero-order chi connectivity index (χ0) is 21.6. The number of amides is 2. The third-order valence-corrected chi connectivity index (χ3v) is 6.78. The van der Waals surface area contributed by atoms with Crippen molar-refractivity contribution in [1.82, 2.24) is 10.2 Å². The zero-order valence-corrected chi connectivity index (χ0v) is 18.5. The van der Waals surface area contributed by atoms with Crippen LogP contribution in [0.4, 0.5) is 0 Å². The summed E-state index contributed by atoms with van der Waals surface area (Å²) >= 11 is 7.53. The normalized spacial score (nSPS) is 15.8. The Morgan fingerprint density at radius 2 is 1.68 bits per heavy atom. The molecule has 1 N–H and O–H groups in total. The third kappa shape index (κ3) is 5.49. The number of carbonyl (C=O) groups excluding carboxylic acids is 2. The topological polar surface area (TPSA) is 49.4 Å². The molecular formula is C25H23ClN2O2S. The van der Waals surface area contributed by atoms with E-state index in [1.807, 2.05) is 71.6 Å². The Morgan fingerprint density at radius 3 is 2.39 bits per heavy atom. The lowest BCUT2D eigenvalue weighted by atomic mass is 10.1. The van der Waals surface area contributed by atoms with Crippen molar-refractivity contribution < 1.29 is 9.59 Å². The highest BCUT2D eigenvalue weighted by atomic mass is 35.5. The standard InChI is InChI=1S/C25H23ClN2O2S/c26-22-12-6-19(7-13-22)16-27-24(30)20-8-10-21(11-9-20)25-28(23(29)17-31-25)15-14-18-4-2-1-3-5-18/h1-13,25H,14-17H2,(H,27,30)/t25-/m1/s1. The van der Waals surface area contributed by atoms with E-state index in [9.17, 15) is 9.59 Å². The van der Waals surface area contributed by atoms with Gasteiger partial charge in [0.1, 0.15) is 5.37 Å². The van der Waals surface area contributed by atoms with Gasteiger partial charge in [0.25, 0.3) is 5.91 Å². The van der Waals surface area contributed by atoms with E-state index in [2.05, 4.69) is 17.4 Å². The van der Waals surface area contributed by atoms with Crippen molar-refractivity contribution in [2.45, 2.75) is 18.3 Å². The summed E-state index contributed by atoms with van der Waals surface area (Å²) in [6, 6.07) is 25.1. The summed E-state index contributed by atoms with van der Waals surface area (Å²) in [5.74, 6) is 0.524. The first kappa shape index (κ1) is 21.5. The molecule has 0 aliphatic carbocycles. The Bertz CT molecular complexity index is 1040. The minimum atomic E-state index is -0.127. The van der Waals surface area contributed by atoms with Crippen LogP contribution in [0.3, 0.4) is 0 Å². The zero-order valence-electron chi connectivity index (χ0n) is 17.0. The fourth-order valence-corrected chi connectivity index (χ4v) is 4.90. The molecule has 0 saturated carbocycles. The summed E-state index contributed by atoms with van der Waals surface area (Å²) in [5.41, 5.74) is 3.85. The molecule has 4 rings (SSSR count). The molecule has 4 nitrogen and oxygen atoms in total. The molecule has 2 amide bonds. The SMILES string of the molecule is O=C(NCc1ccc(Cl)cc1)c1ccc([C@H]2SCC(=O)N2CCc2ccccc2)cc1. The lowest BCUT2D eigenvalue weighted by molar-refractivity contribution is -0.128. The number of thioether (sulfide) groups is 1. The number of carbonyl (C=O) groups is 2. The molecule has 0 radical (unpaired) electrons. The molecule has 0 aromatic heterocycles. The summed E-state index contributed by atoms with van der Waals surface area (Å²) in [6.45, 7) is 1.13. The van der Waals surface area contributed by atoms with E-state index < -0.39 is 0 Å².